The molecule has 4 heteroatoms. The number of nitrogens with zero attached hydrogens (tertiary/aromatic N) is 2. The quantitative estimate of drug-likeness (QED) is 0.843. The molecule has 1 aliphatic rings. The average Bonchev–Trinajstić information content (AvgIpc) is 2.86. The van der Waals surface area contributed by atoms with Gasteiger partial charge in [0.25, 0.3) is 0 Å². The smallest absolute Gasteiger partial charge is 0.184 e. The van der Waals surface area contributed by atoms with E-state index in [1.165, 1.54) is 25.7 Å². The second-order valence-electron chi connectivity index (χ2n) is 3.99. The van der Waals surface area contributed by atoms with Crippen molar-refractivity contribution in [1.82, 2.24) is 9.97 Å². The first kappa shape index (κ1) is 9.09. The predicted molar refractivity (Wildman–Crippen MR) is 63.3 cm³/mol. The van der Waals surface area contributed by atoms with Crippen LogP contribution in [-0.2, 0) is 0 Å². The predicted octanol–water partition coefficient (Wildman–Crippen LogP) is 3.05. The third-order valence-corrected chi connectivity index (χ3v) is 3.81. The van der Waals surface area contributed by atoms with E-state index < -0.39 is 0 Å². The van der Waals surface area contributed by atoms with Gasteiger partial charge in [0.15, 0.2) is 5.13 Å². The number of hydrogen-bond acceptors (Lipinski definition) is 4. The fraction of sp³-hybridized carbons (Fsp3) is 0.455. The summed E-state index contributed by atoms with van der Waals surface area (Å²) in [6.45, 7) is 0. The Morgan fingerprint density at radius 3 is 3.00 bits per heavy atom. The molecular formula is C11H13N3S. The van der Waals surface area contributed by atoms with Crippen LogP contribution < -0.4 is 5.32 Å². The summed E-state index contributed by atoms with van der Waals surface area (Å²) in [6.07, 6.45) is 8.95. The van der Waals surface area contributed by atoms with Gasteiger partial charge >= 0.3 is 0 Å². The van der Waals surface area contributed by atoms with E-state index in [0.29, 0.717) is 6.04 Å². The molecule has 0 bridgehead atoms. The van der Waals surface area contributed by atoms with Gasteiger partial charge in [-0.3, -0.25) is 4.98 Å². The van der Waals surface area contributed by atoms with Gasteiger partial charge in [0.1, 0.15) is 0 Å². The van der Waals surface area contributed by atoms with Crippen LogP contribution in [0.3, 0.4) is 0 Å². The zero-order valence-electron chi connectivity index (χ0n) is 8.44. The summed E-state index contributed by atoms with van der Waals surface area (Å²) in [4.78, 5) is 8.64. The Labute approximate surface area is 92.6 Å². The van der Waals surface area contributed by atoms with Crippen LogP contribution in [-0.4, -0.2) is 16.0 Å². The summed E-state index contributed by atoms with van der Waals surface area (Å²) in [5, 5.41) is 4.56. The molecular weight excluding hydrogens is 206 g/mol. The minimum Gasteiger partial charge on any atom is -0.359 e. The normalized spacial score (nSPS) is 17.3. The van der Waals surface area contributed by atoms with Crippen molar-refractivity contribution in [3.8, 4) is 0 Å². The number of rotatable bonds is 2. The first-order valence-electron chi connectivity index (χ1n) is 5.39. The molecule has 15 heavy (non-hydrogen) atoms. The molecule has 1 fully saturated rings. The van der Waals surface area contributed by atoms with E-state index in [4.69, 9.17) is 0 Å². The van der Waals surface area contributed by atoms with Crippen molar-refractivity contribution in [2.24, 2.45) is 0 Å². The standard InChI is InChI=1S/C11H13N3S/c1-2-4-8(3-1)13-11-14-9-5-6-12-7-10(9)15-11/h5-8H,1-4H2,(H,13,14). The number of pyridine rings is 1. The fourth-order valence-corrected chi connectivity index (χ4v) is 3.00. The van der Waals surface area contributed by atoms with E-state index in [9.17, 15) is 0 Å². The van der Waals surface area contributed by atoms with E-state index in [-0.39, 0.29) is 0 Å². The van der Waals surface area contributed by atoms with Crippen molar-refractivity contribution in [3.05, 3.63) is 18.5 Å². The summed E-state index contributed by atoms with van der Waals surface area (Å²) in [5.41, 5.74) is 1.05. The Bertz CT molecular complexity index is 427. The van der Waals surface area contributed by atoms with Crippen LogP contribution in [0.4, 0.5) is 5.13 Å². The zero-order chi connectivity index (χ0) is 10.1. The van der Waals surface area contributed by atoms with Crippen molar-refractivity contribution in [1.29, 1.82) is 0 Å². The van der Waals surface area contributed by atoms with Gasteiger partial charge < -0.3 is 5.32 Å². The summed E-state index contributed by atoms with van der Waals surface area (Å²) in [5.74, 6) is 0. The molecule has 0 radical (unpaired) electrons. The lowest BCUT2D eigenvalue weighted by molar-refractivity contribution is 0.754. The van der Waals surface area contributed by atoms with Gasteiger partial charge in [-0.05, 0) is 18.9 Å². The molecule has 3 nitrogen and oxygen atoms in total. The molecule has 0 amide bonds. The highest BCUT2D eigenvalue weighted by molar-refractivity contribution is 7.22. The monoisotopic (exact) mass is 219 g/mol. The largest absolute Gasteiger partial charge is 0.359 e. The number of fused-ring (bicyclic) bond motifs is 1. The first-order valence-corrected chi connectivity index (χ1v) is 6.20. The molecule has 3 rings (SSSR count). The minimum absolute atomic E-state index is 0.638. The highest BCUT2D eigenvalue weighted by Gasteiger charge is 2.15. The number of aromatic nitrogens is 2. The van der Waals surface area contributed by atoms with Crippen LogP contribution in [0, 0.1) is 0 Å². The molecule has 1 saturated carbocycles. The van der Waals surface area contributed by atoms with Crippen LogP contribution >= 0.6 is 11.3 Å². The molecule has 1 aliphatic carbocycles. The lowest BCUT2D eigenvalue weighted by Gasteiger charge is -2.08. The molecule has 0 saturated heterocycles. The van der Waals surface area contributed by atoms with Crippen LogP contribution in [0.15, 0.2) is 18.5 Å². The molecule has 0 atom stereocenters. The number of hydrogen-bond donors (Lipinski definition) is 1. The lowest BCUT2D eigenvalue weighted by Crippen LogP contribution is -2.13. The number of nitrogens with one attached hydrogen (secondary N) is 1. The Morgan fingerprint density at radius 2 is 2.20 bits per heavy atom. The first-order chi connectivity index (χ1) is 7.42. The molecule has 0 aliphatic heterocycles. The van der Waals surface area contributed by atoms with Crippen molar-refractivity contribution in [2.75, 3.05) is 5.32 Å². The van der Waals surface area contributed by atoms with E-state index in [1.54, 1.807) is 17.5 Å². The maximum atomic E-state index is 4.54. The maximum Gasteiger partial charge on any atom is 0.184 e. The highest BCUT2D eigenvalue weighted by Crippen LogP contribution is 2.28. The summed E-state index contributed by atoms with van der Waals surface area (Å²) in [6, 6.07) is 2.60. The lowest BCUT2D eigenvalue weighted by atomic mass is 10.3. The van der Waals surface area contributed by atoms with E-state index in [2.05, 4.69) is 15.3 Å². The van der Waals surface area contributed by atoms with Gasteiger partial charge in [-0.1, -0.05) is 24.2 Å². The van der Waals surface area contributed by atoms with Gasteiger partial charge in [0.2, 0.25) is 0 Å². The van der Waals surface area contributed by atoms with Crippen molar-refractivity contribution in [2.45, 2.75) is 31.7 Å². The summed E-state index contributed by atoms with van der Waals surface area (Å²) < 4.78 is 1.16. The molecule has 0 unspecified atom stereocenters. The van der Waals surface area contributed by atoms with Crippen molar-refractivity contribution >= 4 is 26.7 Å². The van der Waals surface area contributed by atoms with Gasteiger partial charge in [0.05, 0.1) is 10.2 Å². The third-order valence-electron chi connectivity index (χ3n) is 2.87. The average molecular weight is 219 g/mol. The Balaban J connectivity index is 1.84. The number of anilines is 1. The van der Waals surface area contributed by atoms with Gasteiger partial charge in [-0.25, -0.2) is 4.98 Å². The van der Waals surface area contributed by atoms with Crippen LogP contribution in [0.5, 0.6) is 0 Å². The topological polar surface area (TPSA) is 37.8 Å². The van der Waals surface area contributed by atoms with Crippen LogP contribution in [0.1, 0.15) is 25.7 Å². The fourth-order valence-electron chi connectivity index (χ4n) is 2.09. The Hall–Kier alpha value is -1.16. The van der Waals surface area contributed by atoms with E-state index >= 15 is 0 Å². The Kier molecular flexibility index (Phi) is 2.29. The summed E-state index contributed by atoms with van der Waals surface area (Å²) in [7, 11) is 0. The van der Waals surface area contributed by atoms with Crippen molar-refractivity contribution < 1.29 is 0 Å². The summed E-state index contributed by atoms with van der Waals surface area (Å²) >= 11 is 1.70. The van der Waals surface area contributed by atoms with Crippen molar-refractivity contribution in [3.63, 3.8) is 0 Å². The maximum absolute atomic E-state index is 4.54. The minimum atomic E-state index is 0.638. The van der Waals surface area contributed by atoms with Crippen LogP contribution in [0.25, 0.3) is 10.2 Å². The SMILES string of the molecule is c1cc2nc(NC3CCCC3)sc2cn1. The molecule has 2 aromatic heterocycles. The molecule has 2 heterocycles. The van der Waals surface area contributed by atoms with Gasteiger partial charge in [-0.15, -0.1) is 0 Å². The second-order valence-corrected chi connectivity index (χ2v) is 5.02. The Morgan fingerprint density at radius 1 is 1.33 bits per heavy atom. The molecule has 1 N–H and O–H groups in total. The zero-order valence-corrected chi connectivity index (χ0v) is 9.26. The molecule has 2 aromatic rings. The highest BCUT2D eigenvalue weighted by atomic mass is 32.1. The van der Waals surface area contributed by atoms with Gasteiger partial charge in [0, 0.05) is 18.4 Å². The third kappa shape index (κ3) is 1.81. The molecule has 0 spiro atoms. The van der Waals surface area contributed by atoms with E-state index in [1.807, 2.05) is 12.3 Å². The second kappa shape index (κ2) is 3.77. The molecule has 78 valence electrons. The van der Waals surface area contributed by atoms with Crippen LogP contribution in [0.2, 0.25) is 0 Å². The van der Waals surface area contributed by atoms with Gasteiger partial charge in [-0.2, -0.15) is 0 Å². The molecule has 0 aromatic carbocycles. The van der Waals surface area contributed by atoms with E-state index in [0.717, 1.165) is 15.3 Å². The number of thiazole rings is 1.